The Morgan fingerprint density at radius 1 is 0.962 bits per heavy atom. The summed E-state index contributed by atoms with van der Waals surface area (Å²) in [6.45, 7) is 0.714. The van der Waals surface area contributed by atoms with Gasteiger partial charge in [-0.1, -0.05) is 38.2 Å². The van der Waals surface area contributed by atoms with Crippen molar-refractivity contribution in [2.75, 3.05) is 17.2 Å². The summed E-state index contributed by atoms with van der Waals surface area (Å²) in [5, 5.41) is 5.90. The molecule has 6 heteroatoms. The summed E-state index contributed by atoms with van der Waals surface area (Å²) in [6, 6.07) is 7.40. The maximum atomic E-state index is 12.3. The molecule has 0 radical (unpaired) electrons. The Bertz CT molecular complexity index is 560. The minimum atomic E-state index is 0. The van der Waals surface area contributed by atoms with Gasteiger partial charge < -0.3 is 16.4 Å². The Labute approximate surface area is 162 Å². The Kier molecular flexibility index (Phi) is 11.0. The van der Waals surface area contributed by atoms with E-state index in [-0.39, 0.29) is 30.1 Å². The normalized spacial score (nSPS) is 14.3. The van der Waals surface area contributed by atoms with Gasteiger partial charge in [0.25, 0.3) is 0 Å². The van der Waals surface area contributed by atoms with Gasteiger partial charge in [0.2, 0.25) is 11.8 Å². The molecular weight excluding hydrogens is 350 g/mol. The van der Waals surface area contributed by atoms with Crippen LogP contribution in [0, 0.1) is 5.92 Å². The monoisotopic (exact) mass is 381 g/mol. The van der Waals surface area contributed by atoms with Crippen LogP contribution in [0.15, 0.2) is 24.3 Å². The van der Waals surface area contributed by atoms with Crippen molar-refractivity contribution in [3.05, 3.63) is 24.3 Å². The summed E-state index contributed by atoms with van der Waals surface area (Å²) < 4.78 is 0. The molecule has 0 aliphatic heterocycles. The summed E-state index contributed by atoms with van der Waals surface area (Å²) in [5.74, 6) is 0.243. The first-order valence-corrected chi connectivity index (χ1v) is 9.60. The number of unbranched alkanes of at least 4 members (excludes halogenated alkanes) is 3. The van der Waals surface area contributed by atoms with Crippen LogP contribution in [0.5, 0.6) is 0 Å². The van der Waals surface area contributed by atoms with Crippen LogP contribution in [-0.4, -0.2) is 18.4 Å². The molecule has 2 rings (SSSR count). The van der Waals surface area contributed by atoms with E-state index in [0.29, 0.717) is 13.0 Å². The molecule has 1 aliphatic carbocycles. The highest BCUT2D eigenvalue weighted by atomic mass is 35.5. The number of benzene rings is 1. The van der Waals surface area contributed by atoms with Crippen LogP contribution in [0.1, 0.15) is 64.2 Å². The molecule has 1 aromatic carbocycles. The standard InChI is InChI=1S/C20H31N3O2.ClH/c21-14-7-2-1-6-13-19(24)22-17-11-8-12-18(15-17)23-20(25)16-9-4-3-5-10-16;/h8,11-12,15-16H,1-7,9-10,13-14,21H2,(H,22,24)(H,23,25);1H. The molecule has 0 unspecified atom stereocenters. The molecule has 0 heterocycles. The predicted octanol–water partition coefficient (Wildman–Crippen LogP) is 4.47. The lowest BCUT2D eigenvalue weighted by Crippen LogP contribution is -2.24. The maximum absolute atomic E-state index is 12.3. The zero-order valence-electron chi connectivity index (χ0n) is 15.5. The van der Waals surface area contributed by atoms with Crippen molar-refractivity contribution in [3.8, 4) is 0 Å². The second-order valence-electron chi connectivity index (χ2n) is 6.91. The zero-order chi connectivity index (χ0) is 17.9. The van der Waals surface area contributed by atoms with E-state index in [1.807, 2.05) is 24.3 Å². The Morgan fingerprint density at radius 3 is 2.31 bits per heavy atom. The van der Waals surface area contributed by atoms with Gasteiger partial charge in [0.05, 0.1) is 0 Å². The third-order valence-electron chi connectivity index (χ3n) is 4.75. The summed E-state index contributed by atoms with van der Waals surface area (Å²) in [7, 11) is 0. The molecule has 0 aromatic heterocycles. The quantitative estimate of drug-likeness (QED) is 0.551. The number of rotatable bonds is 9. The topological polar surface area (TPSA) is 84.2 Å². The van der Waals surface area contributed by atoms with E-state index < -0.39 is 0 Å². The maximum Gasteiger partial charge on any atom is 0.227 e. The number of nitrogens with two attached hydrogens (primary N) is 1. The van der Waals surface area contributed by atoms with Crippen LogP contribution in [-0.2, 0) is 9.59 Å². The van der Waals surface area contributed by atoms with Crippen LogP contribution >= 0.6 is 12.4 Å². The molecule has 0 atom stereocenters. The van der Waals surface area contributed by atoms with E-state index in [1.165, 1.54) is 6.42 Å². The SMILES string of the molecule is Cl.NCCCCCCC(=O)Nc1cccc(NC(=O)C2CCCCC2)c1. The van der Waals surface area contributed by atoms with Gasteiger partial charge in [-0.25, -0.2) is 0 Å². The summed E-state index contributed by atoms with van der Waals surface area (Å²) in [4.78, 5) is 24.3. The third-order valence-corrected chi connectivity index (χ3v) is 4.75. The second-order valence-corrected chi connectivity index (χ2v) is 6.91. The molecule has 1 aromatic rings. The number of amides is 2. The first-order chi connectivity index (χ1) is 12.2. The van der Waals surface area contributed by atoms with E-state index in [2.05, 4.69) is 10.6 Å². The number of hydrogen-bond donors (Lipinski definition) is 3. The molecule has 1 saturated carbocycles. The van der Waals surface area contributed by atoms with Gasteiger partial charge in [-0.15, -0.1) is 12.4 Å². The molecule has 146 valence electrons. The Balaban J connectivity index is 0.00000338. The third kappa shape index (κ3) is 8.19. The minimum Gasteiger partial charge on any atom is -0.330 e. The van der Waals surface area contributed by atoms with Gasteiger partial charge in [0.1, 0.15) is 0 Å². The number of carbonyl (C=O) groups is 2. The van der Waals surface area contributed by atoms with Gasteiger partial charge in [-0.05, 0) is 50.4 Å². The molecule has 2 amide bonds. The van der Waals surface area contributed by atoms with Crippen LogP contribution in [0.25, 0.3) is 0 Å². The molecule has 1 fully saturated rings. The largest absolute Gasteiger partial charge is 0.330 e. The summed E-state index contributed by atoms with van der Waals surface area (Å²) >= 11 is 0. The van der Waals surface area contributed by atoms with Crippen molar-refractivity contribution in [1.29, 1.82) is 0 Å². The van der Waals surface area contributed by atoms with E-state index in [9.17, 15) is 9.59 Å². The average Bonchev–Trinajstić information content (AvgIpc) is 2.62. The lowest BCUT2D eigenvalue weighted by atomic mass is 9.88. The van der Waals surface area contributed by atoms with Gasteiger partial charge in [-0.3, -0.25) is 9.59 Å². The van der Waals surface area contributed by atoms with Gasteiger partial charge in [-0.2, -0.15) is 0 Å². The molecule has 0 saturated heterocycles. The first-order valence-electron chi connectivity index (χ1n) is 9.60. The number of nitrogens with one attached hydrogen (secondary N) is 2. The van der Waals surface area contributed by atoms with Crippen molar-refractivity contribution in [3.63, 3.8) is 0 Å². The van der Waals surface area contributed by atoms with Crippen molar-refractivity contribution in [1.82, 2.24) is 0 Å². The minimum absolute atomic E-state index is 0. The zero-order valence-corrected chi connectivity index (χ0v) is 16.3. The molecule has 4 N–H and O–H groups in total. The number of anilines is 2. The molecule has 0 spiro atoms. The van der Waals surface area contributed by atoms with Crippen LogP contribution in [0.2, 0.25) is 0 Å². The van der Waals surface area contributed by atoms with E-state index in [4.69, 9.17) is 5.73 Å². The number of hydrogen-bond acceptors (Lipinski definition) is 3. The number of halogens is 1. The molecule has 26 heavy (non-hydrogen) atoms. The lowest BCUT2D eigenvalue weighted by Gasteiger charge is -2.20. The molecule has 0 bridgehead atoms. The number of carbonyl (C=O) groups excluding carboxylic acids is 2. The average molecular weight is 382 g/mol. The molecular formula is C20H32ClN3O2. The Hall–Kier alpha value is -1.59. The smallest absolute Gasteiger partial charge is 0.227 e. The second kappa shape index (κ2) is 12.7. The highest BCUT2D eigenvalue weighted by molar-refractivity contribution is 5.95. The van der Waals surface area contributed by atoms with Crippen LogP contribution < -0.4 is 16.4 Å². The predicted molar refractivity (Wildman–Crippen MR) is 110 cm³/mol. The Morgan fingerprint density at radius 2 is 1.62 bits per heavy atom. The van der Waals surface area contributed by atoms with E-state index in [1.54, 1.807) is 0 Å². The highest BCUT2D eigenvalue weighted by Gasteiger charge is 2.21. The summed E-state index contributed by atoms with van der Waals surface area (Å²) in [5.41, 5.74) is 6.94. The van der Waals surface area contributed by atoms with Gasteiger partial charge in [0, 0.05) is 23.7 Å². The van der Waals surface area contributed by atoms with Gasteiger partial charge >= 0.3 is 0 Å². The van der Waals surface area contributed by atoms with E-state index in [0.717, 1.165) is 62.7 Å². The van der Waals surface area contributed by atoms with Crippen LogP contribution in [0.4, 0.5) is 11.4 Å². The molecule has 1 aliphatic rings. The van der Waals surface area contributed by atoms with E-state index >= 15 is 0 Å². The van der Waals surface area contributed by atoms with Crippen molar-refractivity contribution in [2.45, 2.75) is 64.2 Å². The van der Waals surface area contributed by atoms with Gasteiger partial charge in [0.15, 0.2) is 0 Å². The first kappa shape index (κ1) is 22.5. The van der Waals surface area contributed by atoms with Crippen molar-refractivity contribution in [2.24, 2.45) is 11.7 Å². The van der Waals surface area contributed by atoms with Crippen LogP contribution in [0.3, 0.4) is 0 Å². The fourth-order valence-electron chi connectivity index (χ4n) is 3.29. The fraction of sp³-hybridized carbons (Fsp3) is 0.600. The van der Waals surface area contributed by atoms with Crippen molar-refractivity contribution < 1.29 is 9.59 Å². The van der Waals surface area contributed by atoms with Crippen molar-refractivity contribution >= 4 is 35.6 Å². The lowest BCUT2D eigenvalue weighted by molar-refractivity contribution is -0.120. The highest BCUT2D eigenvalue weighted by Crippen LogP contribution is 2.25. The summed E-state index contributed by atoms with van der Waals surface area (Å²) in [6.07, 6.45) is 9.99. The fourth-order valence-corrected chi connectivity index (χ4v) is 3.29. The molecule has 5 nitrogen and oxygen atoms in total.